The SMILES string of the molecule is NC(=S)Cc1cnc(N2CCOCC2)s1. The second kappa shape index (κ2) is 4.87. The molecule has 0 bridgehead atoms. The van der Waals surface area contributed by atoms with Crippen LogP contribution in [0.15, 0.2) is 6.20 Å². The molecule has 0 radical (unpaired) electrons. The Hall–Kier alpha value is -0.720. The molecule has 0 atom stereocenters. The van der Waals surface area contributed by atoms with Crippen molar-refractivity contribution in [2.24, 2.45) is 5.73 Å². The quantitative estimate of drug-likeness (QED) is 0.796. The monoisotopic (exact) mass is 243 g/mol. The molecule has 1 aromatic heterocycles. The van der Waals surface area contributed by atoms with E-state index in [1.54, 1.807) is 11.3 Å². The highest BCUT2D eigenvalue weighted by atomic mass is 32.1. The van der Waals surface area contributed by atoms with Crippen LogP contribution in [0, 0.1) is 0 Å². The van der Waals surface area contributed by atoms with Gasteiger partial charge in [-0.2, -0.15) is 0 Å². The Morgan fingerprint density at radius 3 is 3.00 bits per heavy atom. The van der Waals surface area contributed by atoms with Gasteiger partial charge in [-0.25, -0.2) is 4.98 Å². The smallest absolute Gasteiger partial charge is 0.185 e. The zero-order valence-corrected chi connectivity index (χ0v) is 9.94. The van der Waals surface area contributed by atoms with Crippen LogP contribution in [0.25, 0.3) is 0 Å². The Morgan fingerprint density at radius 1 is 1.60 bits per heavy atom. The van der Waals surface area contributed by atoms with Gasteiger partial charge in [0.2, 0.25) is 0 Å². The third-order valence-electron chi connectivity index (χ3n) is 2.17. The van der Waals surface area contributed by atoms with Crippen molar-refractivity contribution in [3.63, 3.8) is 0 Å². The fourth-order valence-electron chi connectivity index (χ4n) is 1.45. The molecule has 2 N–H and O–H groups in total. The van der Waals surface area contributed by atoms with Gasteiger partial charge in [0, 0.05) is 30.6 Å². The number of thiazole rings is 1. The summed E-state index contributed by atoms with van der Waals surface area (Å²) in [6.07, 6.45) is 2.51. The molecule has 0 amide bonds. The molecule has 0 unspecified atom stereocenters. The van der Waals surface area contributed by atoms with Gasteiger partial charge < -0.3 is 15.4 Å². The van der Waals surface area contributed by atoms with Crippen molar-refractivity contribution in [2.45, 2.75) is 6.42 Å². The van der Waals surface area contributed by atoms with Gasteiger partial charge in [0.25, 0.3) is 0 Å². The third kappa shape index (κ3) is 2.87. The maximum atomic E-state index is 5.49. The molecule has 1 aliphatic rings. The van der Waals surface area contributed by atoms with Crippen LogP contribution in [-0.4, -0.2) is 36.3 Å². The number of hydrogen-bond donors (Lipinski definition) is 1. The predicted octanol–water partition coefficient (Wildman–Crippen LogP) is 0.808. The minimum atomic E-state index is 0.521. The molecule has 15 heavy (non-hydrogen) atoms. The molecule has 0 spiro atoms. The lowest BCUT2D eigenvalue weighted by Gasteiger charge is -2.25. The van der Waals surface area contributed by atoms with E-state index in [1.165, 1.54) is 0 Å². The van der Waals surface area contributed by atoms with Gasteiger partial charge in [0.05, 0.1) is 18.2 Å². The summed E-state index contributed by atoms with van der Waals surface area (Å²) in [5, 5.41) is 1.05. The summed E-state index contributed by atoms with van der Waals surface area (Å²) in [6, 6.07) is 0. The van der Waals surface area contributed by atoms with Crippen molar-refractivity contribution in [3.05, 3.63) is 11.1 Å². The second-order valence-corrected chi connectivity index (χ2v) is 4.97. The van der Waals surface area contributed by atoms with E-state index >= 15 is 0 Å². The van der Waals surface area contributed by atoms with E-state index in [-0.39, 0.29) is 0 Å². The molecule has 6 heteroatoms. The van der Waals surface area contributed by atoms with E-state index < -0.39 is 0 Å². The molecule has 1 aliphatic heterocycles. The lowest BCUT2D eigenvalue weighted by molar-refractivity contribution is 0.122. The van der Waals surface area contributed by atoms with Gasteiger partial charge in [0.1, 0.15) is 0 Å². The van der Waals surface area contributed by atoms with Gasteiger partial charge in [-0.05, 0) is 0 Å². The number of thiocarbonyl (C=S) groups is 1. The molecule has 2 heterocycles. The van der Waals surface area contributed by atoms with Crippen LogP contribution < -0.4 is 10.6 Å². The molecule has 4 nitrogen and oxygen atoms in total. The van der Waals surface area contributed by atoms with Crippen LogP contribution in [0.1, 0.15) is 4.88 Å². The molecule has 0 aromatic carbocycles. The van der Waals surface area contributed by atoms with Gasteiger partial charge in [-0.1, -0.05) is 12.2 Å². The average molecular weight is 243 g/mol. The highest BCUT2D eigenvalue weighted by Gasteiger charge is 2.14. The van der Waals surface area contributed by atoms with Gasteiger partial charge in [0.15, 0.2) is 5.13 Å². The first kappa shape index (κ1) is 10.8. The number of aromatic nitrogens is 1. The van der Waals surface area contributed by atoms with Crippen molar-refractivity contribution in [2.75, 3.05) is 31.2 Å². The normalized spacial score (nSPS) is 16.7. The lowest BCUT2D eigenvalue weighted by atomic mass is 10.4. The Labute approximate surface area is 98.0 Å². The average Bonchev–Trinajstić information content (AvgIpc) is 2.67. The summed E-state index contributed by atoms with van der Waals surface area (Å²) in [6.45, 7) is 3.40. The third-order valence-corrected chi connectivity index (χ3v) is 3.37. The highest BCUT2D eigenvalue weighted by Crippen LogP contribution is 2.23. The summed E-state index contributed by atoms with van der Waals surface area (Å²) >= 11 is 6.53. The van der Waals surface area contributed by atoms with E-state index in [9.17, 15) is 0 Å². The Balaban J connectivity index is 2.02. The van der Waals surface area contributed by atoms with E-state index in [0.717, 1.165) is 36.3 Å². The van der Waals surface area contributed by atoms with Gasteiger partial charge >= 0.3 is 0 Å². The number of rotatable bonds is 3. The zero-order chi connectivity index (χ0) is 10.7. The topological polar surface area (TPSA) is 51.4 Å². The van der Waals surface area contributed by atoms with Crippen LogP contribution in [0.5, 0.6) is 0 Å². The van der Waals surface area contributed by atoms with Crippen LogP contribution in [0.2, 0.25) is 0 Å². The number of anilines is 1. The standard InChI is InChI=1S/C9H13N3OS2/c10-8(14)5-7-6-11-9(15-7)12-1-3-13-4-2-12/h6H,1-5H2,(H2,10,14). The van der Waals surface area contributed by atoms with Crippen LogP contribution >= 0.6 is 23.6 Å². The maximum absolute atomic E-state index is 5.49. The number of hydrogen-bond acceptors (Lipinski definition) is 5. The van der Waals surface area contributed by atoms with Crippen molar-refractivity contribution in [3.8, 4) is 0 Å². The largest absolute Gasteiger partial charge is 0.393 e. The summed E-state index contributed by atoms with van der Waals surface area (Å²) in [7, 11) is 0. The molecule has 1 saturated heterocycles. The number of nitrogens with zero attached hydrogens (tertiary/aromatic N) is 2. The Bertz CT molecular complexity index is 347. The number of ether oxygens (including phenoxy) is 1. The molecule has 0 saturated carbocycles. The minimum absolute atomic E-state index is 0.521. The minimum Gasteiger partial charge on any atom is -0.393 e. The van der Waals surface area contributed by atoms with Gasteiger partial charge in [-0.15, -0.1) is 11.3 Å². The van der Waals surface area contributed by atoms with Crippen molar-refractivity contribution >= 4 is 33.7 Å². The highest BCUT2D eigenvalue weighted by molar-refractivity contribution is 7.80. The Kier molecular flexibility index (Phi) is 3.50. The van der Waals surface area contributed by atoms with E-state index in [2.05, 4.69) is 9.88 Å². The van der Waals surface area contributed by atoms with E-state index in [0.29, 0.717) is 11.4 Å². The van der Waals surface area contributed by atoms with E-state index in [1.807, 2.05) is 6.20 Å². The molecule has 1 fully saturated rings. The summed E-state index contributed by atoms with van der Waals surface area (Å²) < 4.78 is 5.29. The first-order chi connectivity index (χ1) is 7.25. The fourth-order valence-corrected chi connectivity index (χ4v) is 2.68. The van der Waals surface area contributed by atoms with Crippen LogP contribution in [0.4, 0.5) is 5.13 Å². The first-order valence-electron chi connectivity index (χ1n) is 4.81. The van der Waals surface area contributed by atoms with Crippen molar-refractivity contribution in [1.82, 2.24) is 4.98 Å². The summed E-state index contributed by atoms with van der Waals surface area (Å²) in [5.74, 6) is 0. The Morgan fingerprint density at radius 2 is 2.33 bits per heavy atom. The summed E-state index contributed by atoms with van der Waals surface area (Å²) in [4.78, 5) is 8.25. The molecular formula is C9H13N3OS2. The zero-order valence-electron chi connectivity index (χ0n) is 8.31. The first-order valence-corrected chi connectivity index (χ1v) is 6.04. The predicted molar refractivity (Wildman–Crippen MR) is 65.6 cm³/mol. The number of morpholine rings is 1. The molecule has 82 valence electrons. The fraction of sp³-hybridized carbons (Fsp3) is 0.556. The van der Waals surface area contributed by atoms with Crippen LogP contribution in [0.3, 0.4) is 0 Å². The second-order valence-electron chi connectivity index (χ2n) is 3.35. The van der Waals surface area contributed by atoms with Crippen molar-refractivity contribution in [1.29, 1.82) is 0 Å². The molecule has 1 aromatic rings. The molecular weight excluding hydrogens is 230 g/mol. The maximum Gasteiger partial charge on any atom is 0.185 e. The summed E-state index contributed by atoms with van der Waals surface area (Å²) in [5.41, 5.74) is 5.49. The van der Waals surface area contributed by atoms with Crippen molar-refractivity contribution < 1.29 is 4.74 Å². The number of nitrogens with two attached hydrogens (primary N) is 1. The van der Waals surface area contributed by atoms with Gasteiger partial charge in [-0.3, -0.25) is 0 Å². The molecule has 0 aliphatic carbocycles. The van der Waals surface area contributed by atoms with E-state index in [4.69, 9.17) is 22.7 Å². The molecule has 2 rings (SSSR count). The van der Waals surface area contributed by atoms with Crippen LogP contribution in [-0.2, 0) is 11.2 Å². The lowest BCUT2D eigenvalue weighted by Crippen LogP contribution is -2.36.